The second-order valence-corrected chi connectivity index (χ2v) is 8.55. The third-order valence-corrected chi connectivity index (χ3v) is 5.45. The number of carbonyl (C=O) groups is 1. The summed E-state index contributed by atoms with van der Waals surface area (Å²) in [6.45, 7) is 8.09. The van der Waals surface area contributed by atoms with Gasteiger partial charge in [-0.25, -0.2) is 13.2 Å². The molecule has 7 heteroatoms. The molecular weight excluding hydrogens is 343 g/mol. The van der Waals surface area contributed by atoms with Crippen molar-refractivity contribution in [2.45, 2.75) is 46.6 Å². The van der Waals surface area contributed by atoms with Gasteiger partial charge in [-0.15, -0.1) is 0 Å². The van der Waals surface area contributed by atoms with Gasteiger partial charge in [0.05, 0.1) is 11.6 Å². The molecule has 1 heterocycles. The lowest BCUT2D eigenvalue weighted by Gasteiger charge is -2.36. The molecule has 0 radical (unpaired) electrons. The number of fused-ring (bicyclic) bond motifs is 1. The van der Waals surface area contributed by atoms with Gasteiger partial charge in [0.1, 0.15) is 11.5 Å². The average Bonchev–Trinajstić information content (AvgIpc) is 2.97. The molecule has 1 amide bonds. The van der Waals surface area contributed by atoms with Crippen molar-refractivity contribution in [3.05, 3.63) is 41.0 Å². The fourth-order valence-electron chi connectivity index (χ4n) is 4.88. The quantitative estimate of drug-likeness (QED) is 0.865. The van der Waals surface area contributed by atoms with Gasteiger partial charge in [-0.2, -0.15) is 5.10 Å². The van der Waals surface area contributed by atoms with Crippen LogP contribution in [0.2, 0.25) is 0 Å². The first-order chi connectivity index (χ1) is 11.9. The van der Waals surface area contributed by atoms with Crippen molar-refractivity contribution in [1.29, 1.82) is 0 Å². The number of nitrogens with zero attached hydrogens (tertiary/aromatic N) is 2. The first-order valence-electron chi connectivity index (χ1n) is 8.65. The Morgan fingerprint density at radius 1 is 1.35 bits per heavy atom. The molecule has 1 fully saturated rings. The van der Waals surface area contributed by atoms with E-state index in [2.05, 4.69) is 10.4 Å². The second-order valence-electron chi connectivity index (χ2n) is 8.55. The fourth-order valence-corrected chi connectivity index (χ4v) is 4.88. The summed E-state index contributed by atoms with van der Waals surface area (Å²) in [5.74, 6) is -1.10. The number of allylic oxidation sites excluding steroid dienone is 2. The summed E-state index contributed by atoms with van der Waals surface area (Å²) in [7, 11) is 1.49. The predicted molar refractivity (Wildman–Crippen MR) is 92.4 cm³/mol. The van der Waals surface area contributed by atoms with E-state index in [1.54, 1.807) is 6.08 Å². The van der Waals surface area contributed by atoms with E-state index in [1.807, 2.05) is 27.7 Å². The fraction of sp³-hybridized carbons (Fsp3) is 0.579. The van der Waals surface area contributed by atoms with E-state index in [0.29, 0.717) is 5.57 Å². The lowest BCUT2D eigenvalue weighted by Crippen LogP contribution is -2.44. The molecule has 2 aliphatic carbocycles. The largest absolute Gasteiger partial charge is 0.345 e. The van der Waals surface area contributed by atoms with Crippen LogP contribution in [0.3, 0.4) is 0 Å². The van der Waals surface area contributed by atoms with Crippen LogP contribution in [-0.2, 0) is 7.05 Å². The monoisotopic (exact) mass is 367 g/mol. The van der Waals surface area contributed by atoms with Crippen molar-refractivity contribution in [3.8, 4) is 0 Å². The minimum Gasteiger partial charge on any atom is -0.345 e. The first-order valence-corrected chi connectivity index (χ1v) is 8.65. The highest BCUT2D eigenvalue weighted by Gasteiger charge is 2.53. The summed E-state index contributed by atoms with van der Waals surface area (Å²) in [5, 5.41) is 6.49. The number of amides is 1. The standard InChI is InChI=1S/C19H24F3N3O/c1-18(2)9-19(3,4)14-12(7-6-11(20)13(14)18)23-17(26)10-8-25(5)24-15(10)16(21)22/h6-8,12,14,16H,9H2,1-5H3,(H,23,26). The van der Waals surface area contributed by atoms with Crippen LogP contribution in [0.25, 0.3) is 0 Å². The minimum absolute atomic E-state index is 0.150. The number of carbonyl (C=O) groups excluding carboxylic acids is 1. The van der Waals surface area contributed by atoms with E-state index >= 15 is 0 Å². The Hall–Kier alpha value is -2.05. The molecule has 1 saturated carbocycles. The number of aromatic nitrogens is 2. The number of hydrogen-bond donors (Lipinski definition) is 1. The molecule has 0 bridgehead atoms. The number of alkyl halides is 2. The zero-order valence-corrected chi connectivity index (χ0v) is 15.6. The molecule has 0 aromatic carbocycles. The molecule has 1 aromatic heterocycles. The summed E-state index contributed by atoms with van der Waals surface area (Å²) >= 11 is 0. The number of halogens is 3. The van der Waals surface area contributed by atoms with Crippen LogP contribution < -0.4 is 5.32 Å². The number of nitrogens with one attached hydrogen (secondary N) is 1. The van der Waals surface area contributed by atoms with Gasteiger partial charge in [-0.3, -0.25) is 9.48 Å². The van der Waals surface area contributed by atoms with Crippen molar-refractivity contribution in [2.75, 3.05) is 0 Å². The van der Waals surface area contributed by atoms with Crippen molar-refractivity contribution < 1.29 is 18.0 Å². The maximum atomic E-state index is 14.6. The first kappa shape index (κ1) is 18.7. The Balaban J connectivity index is 1.92. The van der Waals surface area contributed by atoms with E-state index in [4.69, 9.17) is 0 Å². The molecule has 26 heavy (non-hydrogen) atoms. The summed E-state index contributed by atoms with van der Waals surface area (Å²) in [5.41, 5.74) is -0.566. The second kappa shape index (κ2) is 5.99. The van der Waals surface area contributed by atoms with Crippen LogP contribution in [0.1, 0.15) is 56.6 Å². The number of aryl methyl sites for hydroxylation is 1. The molecule has 2 aliphatic rings. The van der Waals surface area contributed by atoms with Gasteiger partial charge in [-0.1, -0.05) is 33.8 Å². The smallest absolute Gasteiger partial charge is 0.282 e. The van der Waals surface area contributed by atoms with Crippen LogP contribution in [0, 0.1) is 16.7 Å². The van der Waals surface area contributed by atoms with Gasteiger partial charge >= 0.3 is 0 Å². The van der Waals surface area contributed by atoms with E-state index in [0.717, 1.165) is 6.42 Å². The van der Waals surface area contributed by atoms with Crippen molar-refractivity contribution in [1.82, 2.24) is 15.1 Å². The van der Waals surface area contributed by atoms with Crippen LogP contribution in [0.4, 0.5) is 13.2 Å². The van der Waals surface area contributed by atoms with Crippen LogP contribution in [0.15, 0.2) is 29.7 Å². The van der Waals surface area contributed by atoms with E-state index in [-0.39, 0.29) is 28.1 Å². The average molecular weight is 367 g/mol. The van der Waals surface area contributed by atoms with Crippen molar-refractivity contribution >= 4 is 5.91 Å². The molecular formula is C19H24F3N3O. The van der Waals surface area contributed by atoms with E-state index in [1.165, 1.54) is 24.0 Å². The Kier molecular flexibility index (Phi) is 4.32. The highest BCUT2D eigenvalue weighted by atomic mass is 19.3. The van der Waals surface area contributed by atoms with E-state index in [9.17, 15) is 18.0 Å². The van der Waals surface area contributed by atoms with Crippen molar-refractivity contribution in [3.63, 3.8) is 0 Å². The zero-order valence-electron chi connectivity index (χ0n) is 15.6. The zero-order chi connectivity index (χ0) is 19.4. The van der Waals surface area contributed by atoms with Gasteiger partial charge in [0.25, 0.3) is 12.3 Å². The molecule has 1 aromatic rings. The SMILES string of the molecule is Cn1cc(C(=O)NC2C=CC(F)=C3C2C(C)(C)CC3(C)C)c(C(F)F)n1. The molecule has 1 N–H and O–H groups in total. The summed E-state index contributed by atoms with van der Waals surface area (Å²) in [6, 6.07) is -0.459. The van der Waals surface area contributed by atoms with Gasteiger partial charge in [-0.05, 0) is 28.9 Å². The Morgan fingerprint density at radius 2 is 2.00 bits per heavy atom. The lowest BCUT2D eigenvalue weighted by atomic mass is 9.74. The molecule has 0 aliphatic heterocycles. The molecule has 3 rings (SSSR count). The topological polar surface area (TPSA) is 46.9 Å². The molecule has 2 atom stereocenters. The highest BCUT2D eigenvalue weighted by Crippen LogP contribution is 2.59. The van der Waals surface area contributed by atoms with Gasteiger partial charge in [0.15, 0.2) is 0 Å². The van der Waals surface area contributed by atoms with Gasteiger partial charge in [0, 0.05) is 19.2 Å². The summed E-state index contributed by atoms with van der Waals surface area (Å²) in [6.07, 6.45) is 2.20. The number of hydrogen-bond acceptors (Lipinski definition) is 2. The third-order valence-electron chi connectivity index (χ3n) is 5.45. The van der Waals surface area contributed by atoms with Crippen LogP contribution >= 0.6 is 0 Å². The Morgan fingerprint density at radius 3 is 2.62 bits per heavy atom. The third kappa shape index (κ3) is 2.97. The molecule has 142 valence electrons. The normalized spacial score (nSPS) is 26.3. The van der Waals surface area contributed by atoms with Crippen LogP contribution in [-0.4, -0.2) is 21.7 Å². The lowest BCUT2D eigenvalue weighted by molar-refractivity contribution is 0.0907. The molecule has 0 saturated heterocycles. The summed E-state index contributed by atoms with van der Waals surface area (Å²) in [4.78, 5) is 12.7. The van der Waals surface area contributed by atoms with Crippen molar-refractivity contribution in [2.24, 2.45) is 23.8 Å². The maximum absolute atomic E-state index is 14.6. The van der Waals surface area contributed by atoms with Gasteiger partial charge in [0.2, 0.25) is 0 Å². The summed E-state index contributed by atoms with van der Waals surface area (Å²) < 4.78 is 42.0. The van der Waals surface area contributed by atoms with Gasteiger partial charge < -0.3 is 5.32 Å². The van der Waals surface area contributed by atoms with Crippen LogP contribution in [0.5, 0.6) is 0 Å². The Labute approximate surface area is 151 Å². The molecule has 0 spiro atoms. The molecule has 2 unspecified atom stereocenters. The maximum Gasteiger partial charge on any atom is 0.282 e. The molecule has 4 nitrogen and oxygen atoms in total. The number of rotatable bonds is 3. The Bertz CT molecular complexity index is 805. The highest BCUT2D eigenvalue weighted by molar-refractivity contribution is 5.95. The predicted octanol–water partition coefficient (Wildman–Crippen LogP) is 4.32. The van der Waals surface area contributed by atoms with E-state index < -0.39 is 24.1 Å². The minimum atomic E-state index is -2.84.